The summed E-state index contributed by atoms with van der Waals surface area (Å²) in [5.74, 6) is -4.39. The monoisotopic (exact) mass is 734 g/mol. The molecule has 2 heterocycles. The zero-order chi connectivity index (χ0) is 38.3. The molecule has 6 rings (SSSR count). The van der Waals surface area contributed by atoms with E-state index in [9.17, 15) is 49.8 Å². The van der Waals surface area contributed by atoms with Crippen molar-refractivity contribution in [3.63, 3.8) is 0 Å². The largest absolute Gasteiger partial charge is 0.462 e. The fourth-order valence-electron chi connectivity index (χ4n) is 11.6. The van der Waals surface area contributed by atoms with Crippen LogP contribution >= 0.6 is 0 Å². The Morgan fingerprint density at radius 1 is 1.00 bits per heavy atom. The van der Waals surface area contributed by atoms with Crippen LogP contribution in [0.4, 0.5) is 0 Å². The van der Waals surface area contributed by atoms with E-state index in [2.05, 4.69) is 0 Å². The maximum Gasteiger partial charge on any atom is 0.318 e. The van der Waals surface area contributed by atoms with Gasteiger partial charge in [0.25, 0.3) is 0 Å². The Morgan fingerprint density at radius 2 is 1.69 bits per heavy atom. The van der Waals surface area contributed by atoms with Gasteiger partial charge >= 0.3 is 17.9 Å². The smallest absolute Gasteiger partial charge is 0.318 e. The lowest BCUT2D eigenvalue weighted by Gasteiger charge is -2.65. The number of ether oxygens (including phenoxy) is 4. The van der Waals surface area contributed by atoms with Crippen molar-refractivity contribution >= 4 is 23.7 Å². The molecule has 290 valence electrons. The van der Waals surface area contributed by atoms with Crippen LogP contribution in [-0.4, -0.2) is 117 Å². The molecule has 0 aromatic carbocycles. The number of hydrogen-bond donors (Lipinski definition) is 6. The average Bonchev–Trinajstić information content (AvgIpc) is 3.52. The molecule has 16 atom stereocenters. The zero-order valence-corrected chi connectivity index (χ0v) is 30.7. The van der Waals surface area contributed by atoms with Gasteiger partial charge in [0.2, 0.25) is 6.29 Å². The maximum atomic E-state index is 14.4. The summed E-state index contributed by atoms with van der Waals surface area (Å²) in [5, 5.41) is 64.7. The summed E-state index contributed by atoms with van der Waals surface area (Å²) in [6.07, 6.45) is -5.99. The second-order valence-corrected chi connectivity index (χ2v) is 17.0. The van der Waals surface area contributed by atoms with Gasteiger partial charge < -0.3 is 49.6 Å². The van der Waals surface area contributed by atoms with Gasteiger partial charge in [-0.2, -0.15) is 0 Å². The Kier molecular flexibility index (Phi) is 10.2. The highest BCUT2D eigenvalue weighted by molar-refractivity contribution is 5.93. The lowest BCUT2D eigenvalue weighted by Crippen LogP contribution is -2.66. The van der Waals surface area contributed by atoms with Crippen LogP contribution in [0.15, 0.2) is 23.3 Å². The number of aliphatic hydroxyl groups excluding tert-OH is 6. The number of allylic oxidation sites excluding steroid dienone is 3. The van der Waals surface area contributed by atoms with E-state index in [1.165, 1.54) is 13.0 Å². The lowest BCUT2D eigenvalue weighted by atomic mass is 9.40. The van der Waals surface area contributed by atoms with Crippen LogP contribution in [0, 0.1) is 45.3 Å². The summed E-state index contributed by atoms with van der Waals surface area (Å²) < 4.78 is 22.9. The Hall–Kier alpha value is -2.72. The Labute approximate surface area is 303 Å². The molecule has 52 heavy (non-hydrogen) atoms. The molecule has 2 saturated heterocycles. The number of ketones is 1. The summed E-state index contributed by atoms with van der Waals surface area (Å²) in [4.78, 5) is 53.0. The first-order valence-corrected chi connectivity index (χ1v) is 18.4. The standard InChI is InChI=1S/C38H54O14/c1-17(2)11-19(42)12-20-28-23(50-32(20)47)14-38(16-40)21-7-8-25-35(4,22(21)13-26(43)37(28,38)6)10-9-27(49-18(3)41)36(25,5)34(48)52-33-31(46)30(45)29(44)24(15-39)51-33/h7,11,20,22-31,33,39-40,43-46H,8-10,12-16H2,1-6H3. The normalized spacial score (nSPS) is 47.8. The van der Waals surface area contributed by atoms with Crippen LogP contribution in [0.1, 0.15) is 80.1 Å². The minimum absolute atomic E-state index is 0.0658. The molecule has 4 aliphatic carbocycles. The van der Waals surface area contributed by atoms with Gasteiger partial charge in [-0.3, -0.25) is 19.2 Å². The lowest BCUT2D eigenvalue weighted by molar-refractivity contribution is -0.299. The van der Waals surface area contributed by atoms with Gasteiger partial charge in [0.05, 0.1) is 25.2 Å². The zero-order valence-electron chi connectivity index (χ0n) is 30.7. The minimum Gasteiger partial charge on any atom is -0.462 e. The molecule has 6 N–H and O–H groups in total. The predicted molar refractivity (Wildman–Crippen MR) is 179 cm³/mol. The molecule has 0 aromatic heterocycles. The number of fused-ring (bicyclic) bond motifs is 7. The van der Waals surface area contributed by atoms with Crippen molar-refractivity contribution < 1.29 is 68.8 Å². The van der Waals surface area contributed by atoms with E-state index in [4.69, 9.17) is 18.9 Å². The molecule has 2 aliphatic heterocycles. The van der Waals surface area contributed by atoms with Crippen LogP contribution in [0.25, 0.3) is 0 Å². The van der Waals surface area contributed by atoms with Crippen molar-refractivity contribution in [2.45, 2.75) is 129 Å². The topological polar surface area (TPSA) is 227 Å². The molecule has 16 unspecified atom stereocenters. The number of esters is 3. The van der Waals surface area contributed by atoms with E-state index < -0.39 is 113 Å². The first kappa shape index (κ1) is 39.0. The van der Waals surface area contributed by atoms with Crippen molar-refractivity contribution in [1.82, 2.24) is 0 Å². The molecule has 14 nitrogen and oxygen atoms in total. The fourth-order valence-corrected chi connectivity index (χ4v) is 11.6. The third kappa shape index (κ3) is 5.53. The number of hydrogen-bond acceptors (Lipinski definition) is 14. The number of rotatable bonds is 8. The van der Waals surface area contributed by atoms with Crippen LogP contribution in [0.2, 0.25) is 0 Å². The Morgan fingerprint density at radius 3 is 2.31 bits per heavy atom. The third-order valence-corrected chi connectivity index (χ3v) is 14.2. The van der Waals surface area contributed by atoms with Crippen LogP contribution in [-0.2, 0) is 38.1 Å². The van der Waals surface area contributed by atoms with E-state index in [1.807, 2.05) is 19.9 Å². The van der Waals surface area contributed by atoms with E-state index >= 15 is 0 Å². The summed E-state index contributed by atoms with van der Waals surface area (Å²) in [5.41, 5.74) is -2.57. The van der Waals surface area contributed by atoms with Gasteiger partial charge in [0.1, 0.15) is 42.0 Å². The van der Waals surface area contributed by atoms with Crippen LogP contribution < -0.4 is 0 Å². The SMILES string of the molecule is CC(=O)OC1CCC2(C)C3CC(O)C4(C)C5C(CC4(CO)C3=CCC2C1(C)C(=O)OC1OC(CO)C(O)C(O)C1O)OC(=O)C5CC(=O)C=C(C)C. The quantitative estimate of drug-likeness (QED) is 0.0881. The van der Waals surface area contributed by atoms with Crippen LogP contribution in [0.3, 0.4) is 0 Å². The second-order valence-electron chi connectivity index (χ2n) is 17.0. The fraction of sp³-hybridized carbons (Fsp3) is 0.789. The molecule has 6 aliphatic rings. The summed E-state index contributed by atoms with van der Waals surface area (Å²) >= 11 is 0. The van der Waals surface area contributed by atoms with E-state index in [-0.39, 0.29) is 50.4 Å². The molecule has 14 heteroatoms. The van der Waals surface area contributed by atoms with Crippen molar-refractivity contribution in [3.05, 3.63) is 23.3 Å². The number of aliphatic hydroxyl groups is 6. The molecule has 0 bridgehead atoms. The first-order valence-electron chi connectivity index (χ1n) is 18.4. The molecule has 5 fully saturated rings. The first-order chi connectivity index (χ1) is 24.3. The van der Waals surface area contributed by atoms with Gasteiger partial charge in [0, 0.05) is 30.1 Å². The summed E-state index contributed by atoms with van der Waals surface area (Å²) in [6.45, 7) is 9.33. The molecule has 3 saturated carbocycles. The summed E-state index contributed by atoms with van der Waals surface area (Å²) in [7, 11) is 0. The van der Waals surface area contributed by atoms with Gasteiger partial charge in [-0.05, 0) is 76.2 Å². The van der Waals surface area contributed by atoms with Crippen molar-refractivity contribution in [1.29, 1.82) is 0 Å². The third-order valence-electron chi connectivity index (χ3n) is 14.2. The molecular formula is C38H54O14. The highest BCUT2D eigenvalue weighted by atomic mass is 16.7. The highest BCUT2D eigenvalue weighted by Crippen LogP contribution is 2.74. The Balaban J connectivity index is 1.38. The number of carbonyl (C=O) groups is 4. The second kappa shape index (κ2) is 13.5. The Bertz CT molecular complexity index is 1530. The van der Waals surface area contributed by atoms with Gasteiger partial charge in [-0.1, -0.05) is 31.1 Å². The highest BCUT2D eigenvalue weighted by Gasteiger charge is 2.76. The maximum absolute atomic E-state index is 14.4. The average molecular weight is 735 g/mol. The number of carbonyl (C=O) groups excluding carboxylic acids is 4. The molecule has 0 amide bonds. The molecule has 0 spiro atoms. The van der Waals surface area contributed by atoms with Crippen molar-refractivity contribution in [2.24, 2.45) is 45.3 Å². The van der Waals surface area contributed by atoms with Crippen molar-refractivity contribution in [3.8, 4) is 0 Å². The summed E-state index contributed by atoms with van der Waals surface area (Å²) in [6, 6.07) is 0. The predicted octanol–water partition coefficient (Wildman–Crippen LogP) is 0.867. The van der Waals surface area contributed by atoms with E-state index in [1.54, 1.807) is 20.8 Å². The van der Waals surface area contributed by atoms with Crippen LogP contribution in [0.5, 0.6) is 0 Å². The molecular weight excluding hydrogens is 680 g/mol. The molecule has 0 aromatic rings. The van der Waals surface area contributed by atoms with Gasteiger partial charge in [-0.15, -0.1) is 0 Å². The molecule has 0 radical (unpaired) electrons. The van der Waals surface area contributed by atoms with Crippen molar-refractivity contribution in [2.75, 3.05) is 13.2 Å². The van der Waals surface area contributed by atoms with Gasteiger partial charge in [0.15, 0.2) is 5.78 Å². The minimum atomic E-state index is -1.84. The van der Waals surface area contributed by atoms with E-state index in [0.717, 1.165) is 11.1 Å². The van der Waals surface area contributed by atoms with Gasteiger partial charge in [-0.25, -0.2) is 0 Å². The van der Waals surface area contributed by atoms with E-state index in [0.29, 0.717) is 6.42 Å².